The fraction of sp³-hybridized carbons (Fsp3) is 0.500. The van der Waals surface area contributed by atoms with Gasteiger partial charge in [-0.25, -0.2) is 0 Å². The summed E-state index contributed by atoms with van der Waals surface area (Å²) in [6.45, 7) is 5.26. The first-order chi connectivity index (χ1) is 7.69. The van der Waals surface area contributed by atoms with Gasteiger partial charge < -0.3 is 4.90 Å². The summed E-state index contributed by atoms with van der Waals surface area (Å²) in [4.78, 5) is 17.9. The van der Waals surface area contributed by atoms with Crippen LogP contribution in [0.2, 0.25) is 0 Å². The van der Waals surface area contributed by atoms with Crippen molar-refractivity contribution in [2.24, 2.45) is 0 Å². The van der Waals surface area contributed by atoms with Gasteiger partial charge in [0.15, 0.2) is 0 Å². The van der Waals surface area contributed by atoms with Crippen LogP contribution in [0, 0.1) is 0 Å². The van der Waals surface area contributed by atoms with Gasteiger partial charge in [-0.2, -0.15) is 0 Å². The van der Waals surface area contributed by atoms with Crippen molar-refractivity contribution in [2.45, 2.75) is 31.6 Å². The Labute approximate surface area is 105 Å². The minimum Gasteiger partial charge on any atom is -0.336 e. The summed E-state index contributed by atoms with van der Waals surface area (Å²) in [7, 11) is 0. The second-order valence-electron chi connectivity index (χ2n) is 3.55. The molecule has 0 bridgehead atoms. The molecule has 1 rings (SSSR count). The Bertz CT molecular complexity index is 329. The number of hydrogen-bond donors (Lipinski definition) is 0. The van der Waals surface area contributed by atoms with Gasteiger partial charge in [-0.3, -0.25) is 9.78 Å². The molecule has 0 aliphatic carbocycles. The second kappa shape index (κ2) is 6.63. The lowest BCUT2D eigenvalue weighted by Crippen LogP contribution is -2.36. The summed E-state index contributed by atoms with van der Waals surface area (Å²) in [6.07, 6.45) is 2.55. The van der Waals surface area contributed by atoms with E-state index in [0.29, 0.717) is 13.1 Å². The molecule has 1 unspecified atom stereocenters. The van der Waals surface area contributed by atoms with E-state index in [9.17, 15) is 4.79 Å². The monoisotopic (exact) mass is 284 g/mol. The SMILES string of the molecule is CCC(Br)C(=O)N(CC)Cc1ccccn1. The maximum absolute atomic E-state index is 12.0. The van der Waals surface area contributed by atoms with Crippen LogP contribution in [0.4, 0.5) is 0 Å². The van der Waals surface area contributed by atoms with Crippen molar-refractivity contribution in [2.75, 3.05) is 6.54 Å². The van der Waals surface area contributed by atoms with Crippen LogP contribution in [0.25, 0.3) is 0 Å². The average Bonchev–Trinajstić information content (AvgIpc) is 2.35. The van der Waals surface area contributed by atoms with Gasteiger partial charge in [0, 0.05) is 12.7 Å². The van der Waals surface area contributed by atoms with Gasteiger partial charge in [0.1, 0.15) is 0 Å². The molecule has 1 aromatic heterocycles. The van der Waals surface area contributed by atoms with Gasteiger partial charge in [-0.05, 0) is 25.5 Å². The standard InChI is InChI=1S/C12H17BrN2O/c1-3-11(13)12(16)15(4-2)9-10-7-5-6-8-14-10/h5-8,11H,3-4,9H2,1-2H3. The van der Waals surface area contributed by atoms with Crippen molar-refractivity contribution in [3.05, 3.63) is 30.1 Å². The molecule has 1 atom stereocenters. The van der Waals surface area contributed by atoms with Crippen LogP contribution in [0.5, 0.6) is 0 Å². The molecule has 4 heteroatoms. The molecule has 0 radical (unpaired) electrons. The number of pyridine rings is 1. The van der Waals surface area contributed by atoms with E-state index in [-0.39, 0.29) is 10.7 Å². The summed E-state index contributed by atoms with van der Waals surface area (Å²) >= 11 is 3.39. The number of carbonyl (C=O) groups is 1. The van der Waals surface area contributed by atoms with Crippen LogP contribution in [-0.2, 0) is 11.3 Å². The lowest BCUT2D eigenvalue weighted by atomic mass is 10.2. The lowest BCUT2D eigenvalue weighted by Gasteiger charge is -2.22. The maximum Gasteiger partial charge on any atom is 0.236 e. The number of halogens is 1. The minimum atomic E-state index is -0.0869. The Morgan fingerprint density at radius 1 is 1.50 bits per heavy atom. The first kappa shape index (κ1) is 13.2. The zero-order valence-corrected chi connectivity index (χ0v) is 11.3. The molecule has 16 heavy (non-hydrogen) atoms. The molecule has 0 aliphatic rings. The molecule has 0 saturated carbocycles. The summed E-state index contributed by atoms with van der Waals surface area (Å²) in [5, 5.41) is 0. The van der Waals surface area contributed by atoms with E-state index < -0.39 is 0 Å². The van der Waals surface area contributed by atoms with Crippen LogP contribution >= 0.6 is 15.9 Å². The van der Waals surface area contributed by atoms with Crippen LogP contribution in [-0.4, -0.2) is 27.2 Å². The third-order valence-electron chi connectivity index (χ3n) is 2.40. The van der Waals surface area contributed by atoms with Crippen LogP contribution in [0.15, 0.2) is 24.4 Å². The molecular formula is C12H17BrN2O. The number of carbonyl (C=O) groups excluding carboxylic acids is 1. The molecule has 88 valence electrons. The zero-order chi connectivity index (χ0) is 12.0. The van der Waals surface area contributed by atoms with Gasteiger partial charge in [-0.1, -0.05) is 28.9 Å². The molecule has 0 saturated heterocycles. The normalized spacial score (nSPS) is 12.2. The quantitative estimate of drug-likeness (QED) is 0.779. The molecule has 3 nitrogen and oxygen atoms in total. The smallest absolute Gasteiger partial charge is 0.236 e. The highest BCUT2D eigenvalue weighted by atomic mass is 79.9. The Kier molecular flexibility index (Phi) is 5.46. The third-order valence-corrected chi connectivity index (χ3v) is 3.44. The number of amides is 1. The number of rotatable bonds is 5. The van der Waals surface area contributed by atoms with Crippen molar-refractivity contribution in [1.82, 2.24) is 9.88 Å². The minimum absolute atomic E-state index is 0.0869. The van der Waals surface area contributed by atoms with Crippen molar-refractivity contribution in [1.29, 1.82) is 0 Å². The first-order valence-electron chi connectivity index (χ1n) is 5.51. The van der Waals surface area contributed by atoms with Crippen LogP contribution in [0.3, 0.4) is 0 Å². The fourth-order valence-corrected chi connectivity index (χ4v) is 1.70. The van der Waals surface area contributed by atoms with Gasteiger partial charge in [0.05, 0.1) is 17.1 Å². The Morgan fingerprint density at radius 2 is 2.25 bits per heavy atom. The van der Waals surface area contributed by atoms with E-state index in [1.54, 1.807) is 6.20 Å². The average molecular weight is 285 g/mol. The molecule has 0 aliphatic heterocycles. The molecule has 0 N–H and O–H groups in total. The predicted octanol–water partition coefficient (Wildman–Crippen LogP) is 2.60. The number of aromatic nitrogens is 1. The van der Waals surface area contributed by atoms with E-state index in [4.69, 9.17) is 0 Å². The molecule has 1 amide bonds. The summed E-state index contributed by atoms with van der Waals surface area (Å²) in [6, 6.07) is 5.75. The van der Waals surface area contributed by atoms with Crippen molar-refractivity contribution in [3.63, 3.8) is 0 Å². The highest BCUT2D eigenvalue weighted by molar-refractivity contribution is 9.10. The van der Waals surface area contributed by atoms with E-state index in [2.05, 4.69) is 20.9 Å². The molecular weight excluding hydrogens is 268 g/mol. The lowest BCUT2D eigenvalue weighted by molar-refractivity contribution is -0.130. The van der Waals surface area contributed by atoms with Crippen LogP contribution in [0.1, 0.15) is 26.0 Å². The second-order valence-corrected chi connectivity index (χ2v) is 4.65. The molecule has 0 aromatic carbocycles. The third kappa shape index (κ3) is 3.59. The number of nitrogens with zero attached hydrogens (tertiary/aromatic N) is 2. The highest BCUT2D eigenvalue weighted by Gasteiger charge is 2.19. The summed E-state index contributed by atoms with van der Waals surface area (Å²) in [5.74, 6) is 0.135. The van der Waals surface area contributed by atoms with E-state index in [0.717, 1.165) is 12.1 Å². The Morgan fingerprint density at radius 3 is 2.75 bits per heavy atom. The Balaban J connectivity index is 2.66. The first-order valence-corrected chi connectivity index (χ1v) is 6.43. The van der Waals surface area contributed by atoms with E-state index >= 15 is 0 Å². The maximum atomic E-state index is 12.0. The summed E-state index contributed by atoms with van der Waals surface area (Å²) < 4.78 is 0. The molecule has 0 fully saturated rings. The molecule has 1 heterocycles. The van der Waals surface area contributed by atoms with E-state index in [1.807, 2.05) is 36.9 Å². The van der Waals surface area contributed by atoms with Gasteiger partial charge in [-0.15, -0.1) is 0 Å². The van der Waals surface area contributed by atoms with Gasteiger partial charge in [0.25, 0.3) is 0 Å². The van der Waals surface area contributed by atoms with E-state index in [1.165, 1.54) is 0 Å². The molecule has 1 aromatic rings. The fourth-order valence-electron chi connectivity index (χ4n) is 1.41. The number of alkyl halides is 1. The zero-order valence-electron chi connectivity index (χ0n) is 9.69. The summed E-state index contributed by atoms with van der Waals surface area (Å²) in [5.41, 5.74) is 0.925. The highest BCUT2D eigenvalue weighted by Crippen LogP contribution is 2.11. The van der Waals surface area contributed by atoms with Gasteiger partial charge >= 0.3 is 0 Å². The van der Waals surface area contributed by atoms with Gasteiger partial charge in [0.2, 0.25) is 5.91 Å². The Hall–Kier alpha value is -0.900. The van der Waals surface area contributed by atoms with Crippen LogP contribution < -0.4 is 0 Å². The van der Waals surface area contributed by atoms with Crippen molar-refractivity contribution >= 4 is 21.8 Å². The predicted molar refractivity (Wildman–Crippen MR) is 68.3 cm³/mol. The largest absolute Gasteiger partial charge is 0.336 e. The van der Waals surface area contributed by atoms with Crippen molar-refractivity contribution in [3.8, 4) is 0 Å². The van der Waals surface area contributed by atoms with Crippen molar-refractivity contribution < 1.29 is 4.79 Å². The number of hydrogen-bond acceptors (Lipinski definition) is 2. The molecule has 0 spiro atoms. The topological polar surface area (TPSA) is 33.2 Å².